The average molecular weight is 300 g/mol. The fraction of sp³-hybridized carbons (Fsp3) is 0.389. The van der Waals surface area contributed by atoms with Crippen molar-refractivity contribution in [1.82, 2.24) is 0 Å². The Labute approximate surface area is 130 Å². The van der Waals surface area contributed by atoms with Crippen LogP contribution in [0.1, 0.15) is 35.2 Å². The van der Waals surface area contributed by atoms with E-state index in [0.29, 0.717) is 0 Å². The van der Waals surface area contributed by atoms with Gasteiger partial charge < -0.3 is 14.7 Å². The van der Waals surface area contributed by atoms with E-state index in [1.807, 2.05) is 24.3 Å². The summed E-state index contributed by atoms with van der Waals surface area (Å²) < 4.78 is 4.81. The fourth-order valence-corrected chi connectivity index (χ4v) is 3.33. The highest BCUT2D eigenvalue weighted by Gasteiger charge is 2.22. The minimum absolute atomic E-state index is 0.0728. The Morgan fingerprint density at radius 1 is 1.23 bits per heavy atom. The number of carbonyl (C=O) groups is 1. The van der Waals surface area contributed by atoms with Crippen molar-refractivity contribution in [3.8, 4) is 5.75 Å². The van der Waals surface area contributed by atoms with Crippen LogP contribution in [-0.4, -0.2) is 31.3 Å². The van der Waals surface area contributed by atoms with Gasteiger partial charge in [-0.3, -0.25) is 0 Å². The molecule has 0 unspecified atom stereocenters. The Bertz CT molecular complexity index is 690. The maximum absolute atomic E-state index is 11.9. The quantitative estimate of drug-likeness (QED) is 0.851. The van der Waals surface area contributed by atoms with Crippen molar-refractivity contribution in [2.24, 2.45) is 0 Å². The van der Waals surface area contributed by atoms with Crippen molar-refractivity contribution < 1.29 is 19.5 Å². The summed E-state index contributed by atoms with van der Waals surface area (Å²) >= 11 is 0. The summed E-state index contributed by atoms with van der Waals surface area (Å²) in [5.74, 6) is -0.415. The Morgan fingerprint density at radius 3 is 2.68 bits per heavy atom. The molecule has 1 fully saturated rings. The monoisotopic (exact) mass is 300 g/mol. The molecule has 0 radical (unpaired) electrons. The zero-order valence-electron chi connectivity index (χ0n) is 12.9. The Balaban J connectivity index is 2.08. The molecule has 2 aromatic carbocycles. The number of hydrogen-bond donors (Lipinski definition) is 2. The molecular weight excluding hydrogens is 278 g/mol. The zero-order valence-corrected chi connectivity index (χ0v) is 12.9. The van der Waals surface area contributed by atoms with Crippen LogP contribution in [0.15, 0.2) is 30.3 Å². The SMILES string of the molecule is COC(=O)c1cc2ccccc2c(C[NH+]2CCCCC2)c1O. The van der Waals surface area contributed by atoms with Gasteiger partial charge in [0.15, 0.2) is 0 Å². The Kier molecular flexibility index (Phi) is 4.29. The van der Waals surface area contributed by atoms with E-state index in [4.69, 9.17) is 4.74 Å². The minimum atomic E-state index is -0.488. The van der Waals surface area contributed by atoms with Crippen LogP contribution in [0.2, 0.25) is 0 Å². The van der Waals surface area contributed by atoms with E-state index < -0.39 is 5.97 Å². The number of phenolic OH excluding ortho intramolecular Hbond substituents is 1. The molecular formula is C18H22NO3+. The van der Waals surface area contributed by atoms with Gasteiger partial charge in [0.2, 0.25) is 0 Å². The number of ether oxygens (including phenoxy) is 1. The molecule has 4 heteroatoms. The molecule has 116 valence electrons. The van der Waals surface area contributed by atoms with Gasteiger partial charge in [0.25, 0.3) is 0 Å². The van der Waals surface area contributed by atoms with Crippen molar-refractivity contribution in [2.45, 2.75) is 25.8 Å². The molecule has 0 aromatic heterocycles. The molecule has 1 heterocycles. The Morgan fingerprint density at radius 2 is 1.95 bits per heavy atom. The van der Waals surface area contributed by atoms with Gasteiger partial charge >= 0.3 is 5.97 Å². The van der Waals surface area contributed by atoms with E-state index in [0.717, 1.165) is 36.0 Å². The van der Waals surface area contributed by atoms with Crippen LogP contribution >= 0.6 is 0 Å². The van der Waals surface area contributed by atoms with Gasteiger partial charge in [-0.05, 0) is 36.1 Å². The standard InChI is InChI=1S/C18H21NO3/c1-22-18(21)15-11-13-7-3-4-8-14(13)16(17(15)20)12-19-9-5-2-6-10-19/h3-4,7-8,11,20H,2,5-6,9-10,12H2,1H3/p+1. The van der Waals surface area contributed by atoms with Crippen LogP contribution in [-0.2, 0) is 11.3 Å². The number of methoxy groups -OCH3 is 1. The molecule has 0 saturated carbocycles. The van der Waals surface area contributed by atoms with Gasteiger partial charge in [-0.2, -0.15) is 0 Å². The summed E-state index contributed by atoms with van der Waals surface area (Å²) in [7, 11) is 1.34. The second-order valence-electron chi connectivity index (χ2n) is 5.95. The lowest BCUT2D eigenvalue weighted by Crippen LogP contribution is -3.11. The number of nitrogens with one attached hydrogen (secondary N) is 1. The number of rotatable bonds is 3. The van der Waals surface area contributed by atoms with E-state index >= 15 is 0 Å². The van der Waals surface area contributed by atoms with Crippen molar-refractivity contribution in [1.29, 1.82) is 0 Å². The molecule has 4 nitrogen and oxygen atoms in total. The maximum Gasteiger partial charge on any atom is 0.341 e. The summed E-state index contributed by atoms with van der Waals surface area (Å²) in [5.41, 5.74) is 1.11. The number of esters is 1. The highest BCUT2D eigenvalue weighted by molar-refractivity contribution is 6.00. The predicted octanol–water partition coefficient (Wildman–Crippen LogP) is 1.90. The van der Waals surface area contributed by atoms with Gasteiger partial charge in [-0.25, -0.2) is 4.79 Å². The lowest BCUT2D eigenvalue weighted by atomic mass is 9.98. The summed E-state index contributed by atoms with van der Waals surface area (Å²) in [6, 6.07) is 9.60. The second kappa shape index (κ2) is 6.36. The number of benzene rings is 2. The molecule has 0 atom stereocenters. The number of fused-ring (bicyclic) bond motifs is 1. The first-order chi connectivity index (χ1) is 10.7. The third kappa shape index (κ3) is 2.79. The lowest BCUT2D eigenvalue weighted by molar-refractivity contribution is -0.918. The fourth-order valence-electron chi connectivity index (χ4n) is 3.33. The van der Waals surface area contributed by atoms with Crippen molar-refractivity contribution in [3.05, 3.63) is 41.5 Å². The van der Waals surface area contributed by atoms with Gasteiger partial charge in [-0.15, -0.1) is 0 Å². The number of phenols is 1. The molecule has 0 amide bonds. The topological polar surface area (TPSA) is 51.0 Å². The Hall–Kier alpha value is -2.07. The molecule has 1 aliphatic rings. The molecule has 2 aromatic rings. The third-order valence-corrected chi connectivity index (χ3v) is 4.52. The van der Waals surface area contributed by atoms with Gasteiger partial charge in [0.05, 0.1) is 25.8 Å². The number of aromatic hydroxyl groups is 1. The van der Waals surface area contributed by atoms with E-state index in [2.05, 4.69) is 0 Å². The van der Waals surface area contributed by atoms with Crippen molar-refractivity contribution >= 4 is 16.7 Å². The number of likely N-dealkylation sites (tertiary alicyclic amines) is 1. The summed E-state index contributed by atoms with van der Waals surface area (Å²) in [6.45, 7) is 2.99. The summed E-state index contributed by atoms with van der Waals surface area (Å²) in [5, 5.41) is 12.6. The average Bonchev–Trinajstić information content (AvgIpc) is 2.57. The smallest absolute Gasteiger partial charge is 0.341 e. The highest BCUT2D eigenvalue weighted by atomic mass is 16.5. The van der Waals surface area contributed by atoms with Crippen LogP contribution in [0.25, 0.3) is 10.8 Å². The van der Waals surface area contributed by atoms with Crippen molar-refractivity contribution in [2.75, 3.05) is 20.2 Å². The first-order valence-electron chi connectivity index (χ1n) is 7.86. The van der Waals surface area contributed by atoms with E-state index in [1.54, 1.807) is 6.07 Å². The molecule has 0 spiro atoms. The van der Waals surface area contributed by atoms with E-state index in [9.17, 15) is 9.90 Å². The zero-order chi connectivity index (χ0) is 15.5. The second-order valence-corrected chi connectivity index (χ2v) is 5.95. The molecule has 0 bridgehead atoms. The predicted molar refractivity (Wildman–Crippen MR) is 85.2 cm³/mol. The van der Waals surface area contributed by atoms with Crippen LogP contribution in [0, 0.1) is 0 Å². The van der Waals surface area contributed by atoms with Gasteiger partial charge in [-0.1, -0.05) is 24.3 Å². The van der Waals surface area contributed by atoms with Crippen LogP contribution in [0.4, 0.5) is 0 Å². The van der Waals surface area contributed by atoms with E-state index in [1.165, 1.54) is 31.3 Å². The number of quaternary nitrogens is 1. The molecule has 2 N–H and O–H groups in total. The number of carbonyl (C=O) groups excluding carboxylic acids is 1. The minimum Gasteiger partial charge on any atom is -0.507 e. The van der Waals surface area contributed by atoms with Gasteiger partial charge in [0, 0.05) is 0 Å². The van der Waals surface area contributed by atoms with Crippen LogP contribution < -0.4 is 4.90 Å². The maximum atomic E-state index is 11.9. The highest BCUT2D eigenvalue weighted by Crippen LogP contribution is 2.31. The largest absolute Gasteiger partial charge is 0.507 e. The molecule has 1 aliphatic heterocycles. The number of hydrogen-bond acceptors (Lipinski definition) is 3. The summed E-state index contributed by atoms with van der Waals surface area (Å²) in [6.07, 6.45) is 3.74. The molecule has 3 rings (SSSR count). The van der Waals surface area contributed by atoms with Crippen LogP contribution in [0.5, 0.6) is 5.75 Å². The first-order valence-corrected chi connectivity index (χ1v) is 7.86. The molecule has 1 saturated heterocycles. The molecule has 22 heavy (non-hydrogen) atoms. The van der Waals surface area contributed by atoms with Crippen LogP contribution in [0.3, 0.4) is 0 Å². The van der Waals surface area contributed by atoms with Crippen molar-refractivity contribution in [3.63, 3.8) is 0 Å². The third-order valence-electron chi connectivity index (χ3n) is 4.52. The lowest BCUT2D eigenvalue weighted by Gasteiger charge is -2.24. The normalized spacial score (nSPS) is 15.9. The summed E-state index contributed by atoms with van der Waals surface area (Å²) in [4.78, 5) is 13.4. The number of piperidine rings is 1. The molecule has 0 aliphatic carbocycles. The van der Waals surface area contributed by atoms with E-state index in [-0.39, 0.29) is 11.3 Å². The first kappa shape index (κ1) is 14.9. The van der Waals surface area contributed by atoms with Gasteiger partial charge in [0.1, 0.15) is 17.9 Å².